The van der Waals surface area contributed by atoms with Gasteiger partial charge in [0, 0.05) is 17.8 Å². The van der Waals surface area contributed by atoms with Crippen molar-refractivity contribution < 1.29 is 4.79 Å². The second kappa shape index (κ2) is 6.89. The third-order valence-electron chi connectivity index (χ3n) is 4.10. The highest BCUT2D eigenvalue weighted by molar-refractivity contribution is 6.30. The van der Waals surface area contributed by atoms with E-state index >= 15 is 0 Å². The van der Waals surface area contributed by atoms with Gasteiger partial charge in [-0.3, -0.25) is 4.79 Å². The largest absolute Gasteiger partial charge is 0.319 e. The molecule has 0 radical (unpaired) electrons. The molecule has 1 heterocycles. The third-order valence-corrected chi connectivity index (χ3v) is 4.35. The first kappa shape index (κ1) is 16.3. The Bertz CT molecular complexity index is 827. The molecule has 0 fully saturated rings. The van der Waals surface area contributed by atoms with Gasteiger partial charge in [-0.1, -0.05) is 41.9 Å². The third kappa shape index (κ3) is 3.19. The maximum atomic E-state index is 12.9. The molecule has 2 aromatic carbocycles. The SMILES string of the molecule is C[C@H](c1ccccc1)n1cncc1C(=O)N(C)c1ccc(Cl)cc1. The lowest BCUT2D eigenvalue weighted by Crippen LogP contribution is -2.29. The van der Waals surface area contributed by atoms with E-state index < -0.39 is 0 Å². The number of amides is 1. The smallest absolute Gasteiger partial charge is 0.276 e. The quantitative estimate of drug-likeness (QED) is 0.705. The first-order chi connectivity index (χ1) is 11.6. The van der Waals surface area contributed by atoms with Crippen molar-refractivity contribution in [3.8, 4) is 0 Å². The molecule has 3 aromatic rings. The molecule has 0 saturated carbocycles. The number of halogens is 1. The summed E-state index contributed by atoms with van der Waals surface area (Å²) in [5, 5.41) is 0.641. The Morgan fingerprint density at radius 3 is 2.46 bits per heavy atom. The van der Waals surface area contributed by atoms with E-state index in [1.165, 1.54) is 0 Å². The van der Waals surface area contributed by atoms with E-state index in [0.717, 1.165) is 11.3 Å². The number of carbonyl (C=O) groups excluding carboxylic acids is 1. The molecule has 5 heteroatoms. The van der Waals surface area contributed by atoms with E-state index in [4.69, 9.17) is 11.6 Å². The van der Waals surface area contributed by atoms with E-state index in [-0.39, 0.29) is 11.9 Å². The lowest BCUT2D eigenvalue weighted by molar-refractivity contribution is 0.0983. The number of imidazole rings is 1. The highest BCUT2D eigenvalue weighted by Gasteiger charge is 2.20. The van der Waals surface area contributed by atoms with Gasteiger partial charge in [-0.2, -0.15) is 0 Å². The van der Waals surface area contributed by atoms with E-state index in [1.807, 2.05) is 47.0 Å². The Morgan fingerprint density at radius 2 is 1.79 bits per heavy atom. The predicted octanol–water partition coefficient (Wildman–Crippen LogP) is 4.42. The van der Waals surface area contributed by atoms with E-state index in [0.29, 0.717) is 10.7 Å². The van der Waals surface area contributed by atoms with Crippen LogP contribution in [0.25, 0.3) is 0 Å². The molecule has 0 aliphatic rings. The van der Waals surface area contributed by atoms with Gasteiger partial charge in [0.05, 0.1) is 18.6 Å². The van der Waals surface area contributed by atoms with Crippen molar-refractivity contribution in [2.24, 2.45) is 0 Å². The molecule has 0 N–H and O–H groups in total. The normalized spacial score (nSPS) is 12.0. The van der Waals surface area contributed by atoms with Crippen LogP contribution in [0.4, 0.5) is 5.69 Å². The number of nitrogens with zero attached hydrogens (tertiary/aromatic N) is 3. The summed E-state index contributed by atoms with van der Waals surface area (Å²) in [5.41, 5.74) is 2.45. The molecule has 0 saturated heterocycles. The van der Waals surface area contributed by atoms with Gasteiger partial charge in [-0.25, -0.2) is 4.98 Å². The topological polar surface area (TPSA) is 38.1 Å². The number of rotatable bonds is 4. The molecule has 0 aliphatic carbocycles. The summed E-state index contributed by atoms with van der Waals surface area (Å²) >= 11 is 5.91. The van der Waals surface area contributed by atoms with Crippen molar-refractivity contribution >= 4 is 23.2 Å². The fourth-order valence-corrected chi connectivity index (χ4v) is 2.75. The first-order valence-electron chi connectivity index (χ1n) is 7.68. The fraction of sp³-hybridized carbons (Fsp3) is 0.158. The lowest BCUT2D eigenvalue weighted by atomic mass is 10.1. The summed E-state index contributed by atoms with van der Waals surface area (Å²) in [6.45, 7) is 2.05. The average molecular weight is 340 g/mol. The van der Waals surface area contributed by atoms with Crippen LogP contribution in [0.1, 0.15) is 29.0 Å². The van der Waals surface area contributed by atoms with Crippen LogP contribution in [-0.2, 0) is 0 Å². The molecule has 1 aromatic heterocycles. The number of benzene rings is 2. The predicted molar refractivity (Wildman–Crippen MR) is 96.7 cm³/mol. The zero-order valence-corrected chi connectivity index (χ0v) is 14.3. The molecule has 24 heavy (non-hydrogen) atoms. The number of aromatic nitrogens is 2. The summed E-state index contributed by atoms with van der Waals surface area (Å²) in [6, 6.07) is 17.2. The fourth-order valence-electron chi connectivity index (χ4n) is 2.62. The van der Waals surface area contributed by atoms with Crippen LogP contribution in [-0.4, -0.2) is 22.5 Å². The standard InChI is InChI=1S/C19H18ClN3O/c1-14(15-6-4-3-5-7-15)23-13-21-12-18(23)19(24)22(2)17-10-8-16(20)9-11-17/h3-14H,1-2H3/t14-/m1/s1. The molecule has 1 amide bonds. The molecule has 0 spiro atoms. The summed E-state index contributed by atoms with van der Waals surface area (Å²) in [6.07, 6.45) is 3.30. The Labute approximate surface area is 146 Å². The minimum absolute atomic E-state index is 0.0197. The molecule has 0 bridgehead atoms. The monoisotopic (exact) mass is 339 g/mol. The zero-order valence-electron chi connectivity index (χ0n) is 13.6. The summed E-state index contributed by atoms with van der Waals surface area (Å²) in [4.78, 5) is 18.7. The number of hydrogen-bond acceptors (Lipinski definition) is 2. The van der Waals surface area contributed by atoms with Gasteiger partial charge < -0.3 is 9.47 Å². The number of anilines is 1. The molecular formula is C19H18ClN3O. The average Bonchev–Trinajstić information content (AvgIpc) is 3.11. The van der Waals surface area contributed by atoms with Crippen LogP contribution >= 0.6 is 11.6 Å². The van der Waals surface area contributed by atoms with Crippen LogP contribution in [0, 0.1) is 0 Å². The minimum Gasteiger partial charge on any atom is -0.319 e. The van der Waals surface area contributed by atoms with Crippen molar-refractivity contribution in [2.75, 3.05) is 11.9 Å². The van der Waals surface area contributed by atoms with Gasteiger partial charge in [0.15, 0.2) is 0 Å². The van der Waals surface area contributed by atoms with Crippen molar-refractivity contribution in [1.82, 2.24) is 9.55 Å². The van der Waals surface area contributed by atoms with Crippen LogP contribution in [0.2, 0.25) is 5.02 Å². The van der Waals surface area contributed by atoms with E-state index in [2.05, 4.69) is 11.9 Å². The molecule has 0 aliphatic heterocycles. The van der Waals surface area contributed by atoms with Crippen molar-refractivity contribution in [2.45, 2.75) is 13.0 Å². The van der Waals surface area contributed by atoms with Gasteiger partial charge in [0.25, 0.3) is 5.91 Å². The van der Waals surface area contributed by atoms with E-state index in [9.17, 15) is 4.79 Å². The van der Waals surface area contributed by atoms with Crippen molar-refractivity contribution in [3.05, 3.63) is 83.4 Å². The van der Waals surface area contributed by atoms with Crippen LogP contribution in [0.5, 0.6) is 0 Å². The highest BCUT2D eigenvalue weighted by Crippen LogP contribution is 2.22. The Morgan fingerprint density at radius 1 is 1.12 bits per heavy atom. The summed E-state index contributed by atoms with van der Waals surface area (Å²) in [7, 11) is 1.75. The van der Waals surface area contributed by atoms with Crippen LogP contribution < -0.4 is 4.90 Å². The Balaban J connectivity index is 1.89. The Kier molecular flexibility index (Phi) is 4.67. The molecule has 0 unspecified atom stereocenters. The summed E-state index contributed by atoms with van der Waals surface area (Å²) in [5.74, 6) is -0.113. The molecule has 4 nitrogen and oxygen atoms in total. The number of hydrogen-bond donors (Lipinski definition) is 0. The second-order valence-electron chi connectivity index (χ2n) is 5.61. The number of carbonyl (C=O) groups is 1. The van der Waals surface area contributed by atoms with Crippen molar-refractivity contribution in [1.29, 1.82) is 0 Å². The Hall–Kier alpha value is -2.59. The van der Waals surface area contributed by atoms with Crippen LogP contribution in [0.15, 0.2) is 67.1 Å². The lowest BCUT2D eigenvalue weighted by Gasteiger charge is -2.21. The minimum atomic E-state index is -0.113. The van der Waals surface area contributed by atoms with Gasteiger partial charge in [0.1, 0.15) is 5.69 Å². The molecule has 1 atom stereocenters. The molecular weight excluding hydrogens is 322 g/mol. The van der Waals surface area contributed by atoms with E-state index in [1.54, 1.807) is 36.6 Å². The summed E-state index contributed by atoms with van der Waals surface area (Å²) < 4.78 is 1.89. The molecule has 122 valence electrons. The van der Waals surface area contributed by atoms with Gasteiger partial charge >= 0.3 is 0 Å². The highest BCUT2D eigenvalue weighted by atomic mass is 35.5. The van der Waals surface area contributed by atoms with Gasteiger partial charge in [-0.15, -0.1) is 0 Å². The molecule has 3 rings (SSSR count). The zero-order chi connectivity index (χ0) is 17.1. The van der Waals surface area contributed by atoms with Gasteiger partial charge in [0.2, 0.25) is 0 Å². The van der Waals surface area contributed by atoms with Crippen LogP contribution in [0.3, 0.4) is 0 Å². The van der Waals surface area contributed by atoms with Crippen molar-refractivity contribution in [3.63, 3.8) is 0 Å². The maximum Gasteiger partial charge on any atom is 0.276 e. The first-order valence-corrected chi connectivity index (χ1v) is 8.06. The second-order valence-corrected chi connectivity index (χ2v) is 6.05. The maximum absolute atomic E-state index is 12.9. The van der Waals surface area contributed by atoms with Gasteiger partial charge in [-0.05, 0) is 36.8 Å².